The summed E-state index contributed by atoms with van der Waals surface area (Å²) in [5.74, 6) is 1.05. The Kier molecular flexibility index (Phi) is 9.14. The first kappa shape index (κ1) is 23.0. The standard InChI is InChI=1S/C19H30N4O.2ClH/c1-19(20)10-4-3-7-16(19)18(24)22-14-15-8-9-17(21-13-15)23-11-5-2-6-12-23;;/h8-9,13,16H,2-7,10-12,14,20H2,1H3,(H,22,24);2*1H. The normalized spacial score (nSPS) is 25.6. The van der Waals surface area contributed by atoms with Crippen molar-refractivity contribution in [1.82, 2.24) is 10.3 Å². The molecule has 1 amide bonds. The van der Waals surface area contributed by atoms with Crippen molar-refractivity contribution in [3.05, 3.63) is 23.9 Å². The zero-order valence-corrected chi connectivity index (χ0v) is 17.2. The molecule has 2 aliphatic rings. The summed E-state index contributed by atoms with van der Waals surface area (Å²) in [5, 5.41) is 3.05. The fourth-order valence-corrected chi connectivity index (χ4v) is 3.93. The topological polar surface area (TPSA) is 71.2 Å². The fourth-order valence-electron chi connectivity index (χ4n) is 3.93. The number of carbonyl (C=O) groups is 1. The number of anilines is 1. The van der Waals surface area contributed by atoms with Crippen molar-refractivity contribution in [2.75, 3.05) is 18.0 Å². The summed E-state index contributed by atoms with van der Waals surface area (Å²) in [7, 11) is 0. The number of rotatable bonds is 4. The fraction of sp³-hybridized carbons (Fsp3) is 0.684. The van der Waals surface area contributed by atoms with E-state index in [9.17, 15) is 4.79 Å². The number of nitrogens with two attached hydrogens (primary N) is 1. The van der Waals surface area contributed by atoms with E-state index < -0.39 is 0 Å². The van der Waals surface area contributed by atoms with Crippen LogP contribution in [-0.4, -0.2) is 29.5 Å². The molecule has 3 rings (SSSR count). The van der Waals surface area contributed by atoms with Crippen molar-refractivity contribution in [1.29, 1.82) is 0 Å². The van der Waals surface area contributed by atoms with E-state index in [1.807, 2.05) is 13.1 Å². The summed E-state index contributed by atoms with van der Waals surface area (Å²) >= 11 is 0. The third-order valence-corrected chi connectivity index (χ3v) is 5.53. The van der Waals surface area contributed by atoms with Crippen molar-refractivity contribution >= 4 is 36.5 Å². The summed E-state index contributed by atoms with van der Waals surface area (Å²) in [4.78, 5) is 19.4. The first-order chi connectivity index (χ1) is 11.6. The molecule has 1 aliphatic carbocycles. The third-order valence-electron chi connectivity index (χ3n) is 5.53. The van der Waals surface area contributed by atoms with E-state index in [0.717, 1.165) is 50.2 Å². The van der Waals surface area contributed by atoms with E-state index in [4.69, 9.17) is 5.73 Å². The van der Waals surface area contributed by atoms with Gasteiger partial charge in [0.2, 0.25) is 5.91 Å². The molecular formula is C19H32Cl2N4O. The number of pyridine rings is 1. The number of amides is 1. The molecule has 0 spiro atoms. The van der Waals surface area contributed by atoms with Crippen LogP contribution >= 0.6 is 24.8 Å². The molecule has 0 radical (unpaired) electrons. The van der Waals surface area contributed by atoms with Gasteiger partial charge in [0.25, 0.3) is 0 Å². The Morgan fingerprint density at radius 1 is 1.23 bits per heavy atom. The van der Waals surface area contributed by atoms with E-state index in [1.165, 1.54) is 19.3 Å². The van der Waals surface area contributed by atoms with Crippen LogP contribution in [0.3, 0.4) is 0 Å². The molecule has 5 nitrogen and oxygen atoms in total. The molecular weight excluding hydrogens is 371 g/mol. The lowest BCUT2D eigenvalue weighted by molar-refractivity contribution is -0.128. The first-order valence-electron chi connectivity index (χ1n) is 9.33. The second-order valence-electron chi connectivity index (χ2n) is 7.59. The maximum absolute atomic E-state index is 12.5. The van der Waals surface area contributed by atoms with Crippen LogP contribution in [0.2, 0.25) is 0 Å². The average molecular weight is 403 g/mol. The second kappa shape index (κ2) is 10.3. The Labute approximate surface area is 169 Å². The van der Waals surface area contributed by atoms with E-state index >= 15 is 0 Å². The molecule has 1 saturated heterocycles. The summed E-state index contributed by atoms with van der Waals surface area (Å²) in [5.41, 5.74) is 6.98. The van der Waals surface area contributed by atoms with Crippen molar-refractivity contribution in [2.45, 2.75) is 64.0 Å². The Morgan fingerprint density at radius 2 is 1.96 bits per heavy atom. The Morgan fingerprint density at radius 3 is 2.58 bits per heavy atom. The van der Waals surface area contributed by atoms with Crippen LogP contribution < -0.4 is 16.0 Å². The summed E-state index contributed by atoms with van der Waals surface area (Å²) < 4.78 is 0. The smallest absolute Gasteiger partial charge is 0.225 e. The van der Waals surface area contributed by atoms with Crippen molar-refractivity contribution in [3.8, 4) is 0 Å². The number of hydrogen-bond donors (Lipinski definition) is 2. The number of aromatic nitrogens is 1. The molecule has 1 aromatic rings. The van der Waals surface area contributed by atoms with Crippen LogP contribution in [-0.2, 0) is 11.3 Å². The lowest BCUT2D eigenvalue weighted by Gasteiger charge is -2.37. The van der Waals surface area contributed by atoms with Gasteiger partial charge in [0, 0.05) is 31.4 Å². The highest BCUT2D eigenvalue weighted by molar-refractivity contribution is 5.85. The van der Waals surface area contributed by atoms with E-state index in [2.05, 4.69) is 27.3 Å². The maximum atomic E-state index is 12.5. The van der Waals surface area contributed by atoms with Crippen molar-refractivity contribution in [2.24, 2.45) is 11.7 Å². The first-order valence-corrected chi connectivity index (χ1v) is 9.33. The minimum absolute atomic E-state index is 0. The summed E-state index contributed by atoms with van der Waals surface area (Å²) in [6.07, 6.45) is 9.74. The van der Waals surface area contributed by atoms with Gasteiger partial charge in [-0.1, -0.05) is 18.9 Å². The molecule has 7 heteroatoms. The highest BCUT2D eigenvalue weighted by atomic mass is 35.5. The van der Waals surface area contributed by atoms with Gasteiger partial charge in [-0.3, -0.25) is 4.79 Å². The lowest BCUT2D eigenvalue weighted by atomic mass is 9.74. The highest BCUT2D eigenvalue weighted by Gasteiger charge is 2.37. The van der Waals surface area contributed by atoms with Gasteiger partial charge in [0.1, 0.15) is 5.82 Å². The molecule has 2 unspecified atom stereocenters. The number of nitrogens with zero attached hydrogens (tertiary/aromatic N) is 2. The number of piperidine rings is 1. The minimum Gasteiger partial charge on any atom is -0.357 e. The molecule has 1 saturated carbocycles. The van der Waals surface area contributed by atoms with Gasteiger partial charge >= 0.3 is 0 Å². The molecule has 1 aromatic heterocycles. The highest BCUT2D eigenvalue weighted by Crippen LogP contribution is 2.31. The van der Waals surface area contributed by atoms with Crippen LogP contribution in [0.5, 0.6) is 0 Å². The number of nitrogens with one attached hydrogen (secondary N) is 1. The van der Waals surface area contributed by atoms with Gasteiger partial charge < -0.3 is 16.0 Å². The zero-order chi connectivity index (χ0) is 17.0. The maximum Gasteiger partial charge on any atom is 0.225 e. The van der Waals surface area contributed by atoms with E-state index in [0.29, 0.717) is 6.54 Å². The summed E-state index contributed by atoms with van der Waals surface area (Å²) in [6, 6.07) is 4.14. The van der Waals surface area contributed by atoms with Crippen LogP contribution in [0.25, 0.3) is 0 Å². The molecule has 1 aliphatic heterocycles. The second-order valence-corrected chi connectivity index (χ2v) is 7.59. The largest absolute Gasteiger partial charge is 0.357 e. The Bertz CT molecular complexity index is 559. The molecule has 148 valence electrons. The predicted octanol–water partition coefficient (Wildman–Crippen LogP) is 3.44. The van der Waals surface area contributed by atoms with Crippen molar-refractivity contribution < 1.29 is 4.79 Å². The van der Waals surface area contributed by atoms with Crippen LogP contribution in [0.4, 0.5) is 5.82 Å². The molecule has 0 aromatic carbocycles. The van der Waals surface area contributed by atoms with Crippen molar-refractivity contribution in [3.63, 3.8) is 0 Å². The quantitative estimate of drug-likeness (QED) is 0.808. The third kappa shape index (κ3) is 5.73. The van der Waals surface area contributed by atoms with Crippen LogP contribution in [0, 0.1) is 5.92 Å². The monoisotopic (exact) mass is 402 g/mol. The predicted molar refractivity (Wildman–Crippen MR) is 111 cm³/mol. The Hall–Kier alpha value is -1.04. The number of hydrogen-bond acceptors (Lipinski definition) is 4. The van der Waals surface area contributed by atoms with E-state index in [1.54, 1.807) is 0 Å². The van der Waals surface area contributed by atoms with Gasteiger partial charge in [0.15, 0.2) is 0 Å². The van der Waals surface area contributed by atoms with Crippen LogP contribution in [0.1, 0.15) is 57.4 Å². The van der Waals surface area contributed by atoms with Gasteiger partial charge in [0.05, 0.1) is 5.92 Å². The molecule has 0 bridgehead atoms. The summed E-state index contributed by atoms with van der Waals surface area (Å²) in [6.45, 7) is 4.73. The van der Waals surface area contributed by atoms with Gasteiger partial charge in [-0.05, 0) is 50.7 Å². The molecule has 3 N–H and O–H groups in total. The molecule has 2 fully saturated rings. The lowest BCUT2D eigenvalue weighted by Crippen LogP contribution is -2.52. The number of carbonyl (C=O) groups excluding carboxylic acids is 1. The van der Waals surface area contributed by atoms with Crippen LogP contribution in [0.15, 0.2) is 18.3 Å². The van der Waals surface area contributed by atoms with Gasteiger partial charge in [-0.25, -0.2) is 4.98 Å². The SMILES string of the molecule is CC1(N)CCCCC1C(=O)NCc1ccc(N2CCCCC2)nc1.Cl.Cl. The Balaban J connectivity index is 0.00000169. The molecule has 26 heavy (non-hydrogen) atoms. The molecule has 2 atom stereocenters. The van der Waals surface area contributed by atoms with E-state index in [-0.39, 0.29) is 42.2 Å². The zero-order valence-electron chi connectivity index (χ0n) is 15.6. The number of halogens is 2. The van der Waals surface area contributed by atoms with Gasteiger partial charge in [-0.2, -0.15) is 0 Å². The van der Waals surface area contributed by atoms with Gasteiger partial charge in [-0.15, -0.1) is 24.8 Å². The molecule has 2 heterocycles. The minimum atomic E-state index is -0.376. The average Bonchev–Trinajstić information content (AvgIpc) is 2.60.